The minimum absolute atomic E-state index is 0.830. The minimum Gasteiger partial charge on any atom is -0.301 e. The number of rotatable bonds is 5. The third-order valence-electron chi connectivity index (χ3n) is 3.54. The van der Waals surface area contributed by atoms with E-state index in [2.05, 4.69) is 25.7 Å². The molecule has 0 bridgehead atoms. The largest absolute Gasteiger partial charge is 0.301 e. The molecule has 1 heteroatoms. The van der Waals surface area contributed by atoms with E-state index < -0.39 is 0 Å². The first-order valence-electron chi connectivity index (χ1n) is 5.98. The van der Waals surface area contributed by atoms with Crippen molar-refractivity contribution in [3.05, 3.63) is 0 Å². The second-order valence-corrected chi connectivity index (χ2v) is 4.68. The standard InChI is InChI=1S/C12H25N/c1-4-11(2)7-8-12(3)13-9-5-6-10-13/h11-12H,4-10H2,1-3H3. The summed E-state index contributed by atoms with van der Waals surface area (Å²) >= 11 is 0. The van der Waals surface area contributed by atoms with Crippen LogP contribution in [0.2, 0.25) is 0 Å². The average molecular weight is 183 g/mol. The fourth-order valence-corrected chi connectivity index (χ4v) is 2.09. The number of hydrogen-bond donors (Lipinski definition) is 0. The van der Waals surface area contributed by atoms with Gasteiger partial charge in [-0.2, -0.15) is 0 Å². The zero-order valence-corrected chi connectivity index (χ0v) is 9.55. The quantitative estimate of drug-likeness (QED) is 0.632. The van der Waals surface area contributed by atoms with E-state index in [4.69, 9.17) is 0 Å². The van der Waals surface area contributed by atoms with E-state index in [-0.39, 0.29) is 0 Å². The van der Waals surface area contributed by atoms with E-state index in [1.165, 1.54) is 45.2 Å². The molecule has 13 heavy (non-hydrogen) atoms. The highest BCUT2D eigenvalue weighted by Crippen LogP contribution is 2.18. The Morgan fingerprint density at radius 2 is 1.69 bits per heavy atom. The molecule has 1 saturated heterocycles. The van der Waals surface area contributed by atoms with Gasteiger partial charge in [-0.1, -0.05) is 20.3 Å². The third-order valence-corrected chi connectivity index (χ3v) is 3.54. The van der Waals surface area contributed by atoms with Crippen LogP contribution in [0.25, 0.3) is 0 Å². The van der Waals surface area contributed by atoms with E-state index >= 15 is 0 Å². The van der Waals surface area contributed by atoms with Gasteiger partial charge >= 0.3 is 0 Å². The highest BCUT2D eigenvalue weighted by Gasteiger charge is 2.17. The van der Waals surface area contributed by atoms with Crippen molar-refractivity contribution in [2.75, 3.05) is 13.1 Å². The van der Waals surface area contributed by atoms with Crippen LogP contribution >= 0.6 is 0 Å². The van der Waals surface area contributed by atoms with Gasteiger partial charge in [0.25, 0.3) is 0 Å². The molecule has 1 aliphatic rings. The summed E-state index contributed by atoms with van der Waals surface area (Å²) in [5.41, 5.74) is 0. The van der Waals surface area contributed by atoms with E-state index in [9.17, 15) is 0 Å². The van der Waals surface area contributed by atoms with Gasteiger partial charge in [0.15, 0.2) is 0 Å². The summed E-state index contributed by atoms with van der Waals surface area (Å²) < 4.78 is 0. The Hall–Kier alpha value is -0.0400. The Bertz CT molecular complexity index is 127. The maximum atomic E-state index is 2.66. The van der Waals surface area contributed by atoms with Crippen LogP contribution < -0.4 is 0 Å². The molecule has 2 atom stereocenters. The Labute approximate surface area is 83.5 Å². The molecule has 2 unspecified atom stereocenters. The van der Waals surface area contributed by atoms with E-state index in [0.717, 1.165) is 12.0 Å². The molecule has 1 rings (SSSR count). The molecule has 0 amide bonds. The lowest BCUT2D eigenvalue weighted by Crippen LogP contribution is -2.30. The van der Waals surface area contributed by atoms with E-state index in [1.54, 1.807) is 0 Å². The molecule has 0 N–H and O–H groups in total. The number of nitrogens with zero attached hydrogens (tertiary/aromatic N) is 1. The normalized spacial score (nSPS) is 23.3. The maximum absolute atomic E-state index is 2.66. The van der Waals surface area contributed by atoms with Gasteiger partial charge in [-0.05, 0) is 51.6 Å². The van der Waals surface area contributed by atoms with Crippen LogP contribution in [0.4, 0.5) is 0 Å². The Kier molecular flexibility index (Phi) is 4.79. The topological polar surface area (TPSA) is 3.24 Å². The van der Waals surface area contributed by atoms with Gasteiger partial charge in [0, 0.05) is 6.04 Å². The monoisotopic (exact) mass is 183 g/mol. The van der Waals surface area contributed by atoms with Crippen molar-refractivity contribution >= 4 is 0 Å². The molecule has 1 aliphatic heterocycles. The molecule has 1 fully saturated rings. The highest BCUT2D eigenvalue weighted by atomic mass is 15.2. The van der Waals surface area contributed by atoms with Crippen molar-refractivity contribution in [2.45, 2.75) is 58.9 Å². The van der Waals surface area contributed by atoms with Gasteiger partial charge in [0.05, 0.1) is 0 Å². The molecule has 0 radical (unpaired) electrons. The van der Waals surface area contributed by atoms with Crippen molar-refractivity contribution < 1.29 is 0 Å². The Morgan fingerprint density at radius 1 is 1.08 bits per heavy atom. The zero-order chi connectivity index (χ0) is 9.68. The molecule has 1 nitrogen and oxygen atoms in total. The van der Waals surface area contributed by atoms with Crippen LogP contribution in [0.15, 0.2) is 0 Å². The molecule has 78 valence electrons. The number of likely N-dealkylation sites (tertiary alicyclic amines) is 1. The van der Waals surface area contributed by atoms with Gasteiger partial charge < -0.3 is 4.90 Å². The van der Waals surface area contributed by atoms with E-state index in [0.29, 0.717) is 0 Å². The first-order valence-corrected chi connectivity index (χ1v) is 5.98. The summed E-state index contributed by atoms with van der Waals surface area (Å²) in [5.74, 6) is 0.921. The van der Waals surface area contributed by atoms with Crippen LogP contribution in [0.1, 0.15) is 52.9 Å². The fourth-order valence-electron chi connectivity index (χ4n) is 2.09. The molecule has 0 spiro atoms. The maximum Gasteiger partial charge on any atom is 0.00670 e. The number of hydrogen-bond acceptors (Lipinski definition) is 1. The van der Waals surface area contributed by atoms with Crippen molar-refractivity contribution in [3.8, 4) is 0 Å². The lowest BCUT2D eigenvalue weighted by Gasteiger charge is -2.24. The molecule has 0 aromatic carbocycles. The molecule has 1 heterocycles. The molecule has 0 aliphatic carbocycles. The van der Waals surface area contributed by atoms with Gasteiger partial charge in [-0.3, -0.25) is 0 Å². The third kappa shape index (κ3) is 3.68. The average Bonchev–Trinajstić information content (AvgIpc) is 2.66. The van der Waals surface area contributed by atoms with Crippen molar-refractivity contribution in [2.24, 2.45) is 5.92 Å². The van der Waals surface area contributed by atoms with Gasteiger partial charge in [0.1, 0.15) is 0 Å². The summed E-state index contributed by atoms with van der Waals surface area (Å²) in [6.07, 6.45) is 7.00. The summed E-state index contributed by atoms with van der Waals surface area (Å²) in [7, 11) is 0. The van der Waals surface area contributed by atoms with Crippen LogP contribution in [-0.2, 0) is 0 Å². The summed E-state index contributed by atoms with van der Waals surface area (Å²) in [6.45, 7) is 9.76. The first-order chi connectivity index (χ1) is 6.24. The summed E-state index contributed by atoms with van der Waals surface area (Å²) in [6, 6.07) is 0.830. The van der Waals surface area contributed by atoms with E-state index in [1.807, 2.05) is 0 Å². The van der Waals surface area contributed by atoms with Crippen LogP contribution in [0.5, 0.6) is 0 Å². The molecule has 0 aromatic heterocycles. The summed E-state index contributed by atoms with van der Waals surface area (Å²) in [4.78, 5) is 2.66. The minimum atomic E-state index is 0.830. The second kappa shape index (κ2) is 5.64. The Morgan fingerprint density at radius 3 is 2.23 bits per heavy atom. The van der Waals surface area contributed by atoms with Crippen LogP contribution in [-0.4, -0.2) is 24.0 Å². The first kappa shape index (κ1) is 11.0. The van der Waals surface area contributed by atoms with Crippen molar-refractivity contribution in [3.63, 3.8) is 0 Å². The second-order valence-electron chi connectivity index (χ2n) is 4.68. The molecular formula is C12H25N. The lowest BCUT2D eigenvalue weighted by atomic mass is 9.99. The predicted molar refractivity (Wildman–Crippen MR) is 59.0 cm³/mol. The highest BCUT2D eigenvalue weighted by molar-refractivity contribution is 4.73. The predicted octanol–water partition coefficient (Wildman–Crippen LogP) is 3.30. The lowest BCUT2D eigenvalue weighted by molar-refractivity contribution is 0.234. The fraction of sp³-hybridized carbons (Fsp3) is 1.00. The van der Waals surface area contributed by atoms with Crippen LogP contribution in [0.3, 0.4) is 0 Å². The zero-order valence-electron chi connectivity index (χ0n) is 9.55. The smallest absolute Gasteiger partial charge is 0.00670 e. The van der Waals surface area contributed by atoms with Gasteiger partial charge in [-0.15, -0.1) is 0 Å². The molecule has 0 aromatic rings. The summed E-state index contributed by atoms with van der Waals surface area (Å²) in [5, 5.41) is 0. The van der Waals surface area contributed by atoms with Crippen molar-refractivity contribution in [1.82, 2.24) is 4.90 Å². The van der Waals surface area contributed by atoms with Crippen LogP contribution in [0, 0.1) is 5.92 Å². The molecule has 0 saturated carbocycles. The van der Waals surface area contributed by atoms with Gasteiger partial charge in [0.2, 0.25) is 0 Å². The molecular weight excluding hydrogens is 158 g/mol. The van der Waals surface area contributed by atoms with Crippen molar-refractivity contribution in [1.29, 1.82) is 0 Å². The Balaban J connectivity index is 2.12. The SMILES string of the molecule is CCC(C)CCC(C)N1CCCC1. The van der Waals surface area contributed by atoms with Gasteiger partial charge in [-0.25, -0.2) is 0 Å².